The van der Waals surface area contributed by atoms with Crippen LogP contribution in [-0.2, 0) is 28.2 Å². The van der Waals surface area contributed by atoms with E-state index in [-0.39, 0.29) is 49.1 Å². The predicted octanol–water partition coefficient (Wildman–Crippen LogP) is -3.00. The Hall–Kier alpha value is -2.44. The van der Waals surface area contributed by atoms with Crippen LogP contribution >= 0.6 is 0 Å². The largest absolute Gasteiger partial charge is 2.00 e. The Kier molecular flexibility index (Phi) is 5.92. The van der Waals surface area contributed by atoms with E-state index in [1.54, 1.807) is 14.1 Å². The summed E-state index contributed by atoms with van der Waals surface area (Å²) in [4.78, 5) is 37.9. The summed E-state index contributed by atoms with van der Waals surface area (Å²) in [5.74, 6) is -0.160. The van der Waals surface area contributed by atoms with E-state index < -0.39 is 23.1 Å². The number of imidazole rings is 2. The van der Waals surface area contributed by atoms with Gasteiger partial charge in [-0.2, -0.15) is 0 Å². The summed E-state index contributed by atoms with van der Waals surface area (Å²) in [6, 6.07) is 0. The standard InChI is InChI=1S/2C7H8N4O2.Ca/c2*1-10-5-4(8-3-9-5)6(12)11(2)7(10)13;/h2*3,12H,1-2H3;/q;;+2/p-2. The Labute approximate surface area is 182 Å². The minimum atomic E-state index is -0.407. The molecule has 4 rings (SSSR count). The maximum Gasteiger partial charge on any atom is 2.00 e. The molecule has 0 saturated heterocycles. The molecule has 136 valence electrons. The second kappa shape index (κ2) is 7.66. The van der Waals surface area contributed by atoms with Gasteiger partial charge >= 0.3 is 49.1 Å². The van der Waals surface area contributed by atoms with Gasteiger partial charge in [-0.3, -0.25) is 9.13 Å². The van der Waals surface area contributed by atoms with Crippen LogP contribution in [0.5, 0.6) is 11.8 Å². The molecule has 4 aliphatic heterocycles. The van der Waals surface area contributed by atoms with Crippen molar-refractivity contribution < 1.29 is 10.2 Å². The van der Waals surface area contributed by atoms with Crippen molar-refractivity contribution in [2.45, 2.75) is 0 Å². The fourth-order valence-corrected chi connectivity index (χ4v) is 2.44. The molecule has 0 atom stereocenters. The number of fused-ring (bicyclic) bond motifs is 2. The van der Waals surface area contributed by atoms with Crippen LogP contribution < -0.4 is 21.6 Å². The monoisotopic (exact) mass is 398 g/mol. The Morgan fingerprint density at radius 1 is 0.667 bits per heavy atom. The number of hydrogen-bond donors (Lipinski definition) is 0. The van der Waals surface area contributed by atoms with Crippen molar-refractivity contribution in [1.29, 1.82) is 0 Å². The van der Waals surface area contributed by atoms with Gasteiger partial charge in [-0.05, 0) is 11.8 Å². The molecule has 0 aromatic rings. The Morgan fingerprint density at radius 3 is 1.33 bits per heavy atom. The van der Waals surface area contributed by atoms with Gasteiger partial charge in [0.05, 0.1) is 0 Å². The second-order valence-electron chi connectivity index (χ2n) is 5.50. The van der Waals surface area contributed by atoms with Gasteiger partial charge in [-0.25, -0.2) is 29.5 Å². The molecule has 4 aliphatic rings. The molecule has 0 saturated carbocycles. The number of hydrogen-bond acceptors (Lipinski definition) is 8. The average molecular weight is 398 g/mol. The molecular formula is C14H14CaN8O4. The summed E-state index contributed by atoms with van der Waals surface area (Å²) in [6.07, 6.45) is 2.54. The molecule has 0 radical (unpaired) electrons. The molecule has 13 heteroatoms. The van der Waals surface area contributed by atoms with E-state index in [0.29, 0.717) is 11.6 Å². The van der Waals surface area contributed by atoms with Gasteiger partial charge in [0.1, 0.15) is 24.0 Å². The van der Waals surface area contributed by atoms with Crippen LogP contribution in [0.2, 0.25) is 0 Å². The van der Waals surface area contributed by atoms with Gasteiger partial charge in [0.15, 0.2) is 11.6 Å². The first-order chi connectivity index (χ1) is 12.3. The van der Waals surface area contributed by atoms with Crippen LogP contribution in [0.4, 0.5) is 0 Å². The second-order valence-corrected chi connectivity index (χ2v) is 5.50. The summed E-state index contributed by atoms with van der Waals surface area (Å²) >= 11 is 0. The Balaban J connectivity index is 0.000000187. The van der Waals surface area contributed by atoms with Gasteiger partial charge in [0, 0.05) is 28.2 Å². The van der Waals surface area contributed by atoms with Crippen molar-refractivity contribution in [3.8, 4) is 34.8 Å². The molecule has 0 aromatic heterocycles. The van der Waals surface area contributed by atoms with Crippen molar-refractivity contribution >= 4 is 37.7 Å². The van der Waals surface area contributed by atoms with Crippen LogP contribution in [-0.4, -0.2) is 75.9 Å². The van der Waals surface area contributed by atoms with Gasteiger partial charge in [-0.1, -0.05) is 0 Å². The zero-order chi connectivity index (χ0) is 19.2. The summed E-state index contributed by atoms with van der Waals surface area (Å²) in [5.41, 5.74) is -0.329. The van der Waals surface area contributed by atoms with Gasteiger partial charge in [-0.15, -0.1) is 0 Å². The minimum absolute atomic E-state index is 0. The third kappa shape index (κ3) is 3.31. The molecule has 12 nitrogen and oxygen atoms in total. The molecule has 0 bridgehead atoms. The van der Waals surface area contributed by atoms with Crippen molar-refractivity contribution in [1.82, 2.24) is 38.2 Å². The predicted molar refractivity (Wildman–Crippen MR) is 90.4 cm³/mol. The topological polar surface area (TPSA) is 152 Å². The van der Waals surface area contributed by atoms with Crippen molar-refractivity contribution in [3.05, 3.63) is 33.6 Å². The maximum absolute atomic E-state index is 11.4. The maximum atomic E-state index is 11.4. The third-order valence-corrected chi connectivity index (χ3v) is 3.95. The molecule has 0 amide bonds. The fourth-order valence-electron chi connectivity index (χ4n) is 2.44. The molecule has 0 unspecified atom stereocenters. The van der Waals surface area contributed by atoms with Crippen LogP contribution in [0.25, 0.3) is 23.0 Å². The van der Waals surface area contributed by atoms with E-state index in [1.807, 2.05) is 0 Å². The summed E-state index contributed by atoms with van der Waals surface area (Å²) < 4.78 is 4.61. The van der Waals surface area contributed by atoms with Crippen molar-refractivity contribution in [3.63, 3.8) is 0 Å². The average Bonchev–Trinajstić information content (AvgIpc) is 3.31. The first kappa shape index (κ1) is 20.9. The first-order valence-corrected chi connectivity index (χ1v) is 7.32. The summed E-state index contributed by atoms with van der Waals surface area (Å²) in [7, 11) is 5.94. The molecule has 0 N–H and O–H groups in total. The zero-order valence-electron chi connectivity index (χ0n) is 15.1. The normalized spacial score (nSPS) is 10.5. The first-order valence-electron chi connectivity index (χ1n) is 7.32. The SMILES string of the molecule is Cn1c2ncnc-2c([O-])n(C)c1=O.Cn1c2ncnc-2c([O-])n(C)c1=O.[Ca+2]. The number of nitrogens with zero attached hydrogens (tertiary/aromatic N) is 8. The van der Waals surface area contributed by atoms with E-state index in [1.165, 1.54) is 35.9 Å². The van der Waals surface area contributed by atoms with Crippen LogP contribution in [0, 0.1) is 0 Å². The van der Waals surface area contributed by atoms with Crippen molar-refractivity contribution in [2.24, 2.45) is 28.2 Å². The summed E-state index contributed by atoms with van der Waals surface area (Å²) in [5, 5.41) is 22.8. The van der Waals surface area contributed by atoms with E-state index in [2.05, 4.69) is 19.9 Å². The quantitative estimate of drug-likeness (QED) is 0.284. The zero-order valence-corrected chi connectivity index (χ0v) is 17.3. The molecular weight excluding hydrogens is 384 g/mol. The molecule has 27 heavy (non-hydrogen) atoms. The Bertz CT molecular complexity index is 1070. The van der Waals surface area contributed by atoms with E-state index in [0.717, 1.165) is 9.13 Å². The van der Waals surface area contributed by atoms with Gasteiger partial charge in [0.2, 0.25) is 0 Å². The van der Waals surface area contributed by atoms with E-state index in [9.17, 15) is 19.8 Å². The fraction of sp³-hybridized carbons (Fsp3) is 0.286. The van der Waals surface area contributed by atoms with Crippen LogP contribution in [0.1, 0.15) is 0 Å². The smallest absolute Gasteiger partial charge is 0.858 e. The van der Waals surface area contributed by atoms with Crippen molar-refractivity contribution in [2.75, 3.05) is 0 Å². The molecule has 0 aliphatic carbocycles. The van der Waals surface area contributed by atoms with Crippen LogP contribution in [0.15, 0.2) is 22.2 Å². The molecule has 0 fully saturated rings. The minimum Gasteiger partial charge on any atom is -0.858 e. The number of rotatable bonds is 0. The van der Waals surface area contributed by atoms with E-state index in [4.69, 9.17) is 0 Å². The van der Waals surface area contributed by atoms with E-state index >= 15 is 0 Å². The van der Waals surface area contributed by atoms with Gasteiger partial charge < -0.3 is 19.3 Å². The molecule has 0 aromatic carbocycles. The van der Waals surface area contributed by atoms with Gasteiger partial charge in [0.25, 0.3) is 0 Å². The number of aromatic nitrogens is 8. The molecule has 0 spiro atoms. The summed E-state index contributed by atoms with van der Waals surface area (Å²) in [6.45, 7) is 0. The molecule has 4 heterocycles. The third-order valence-electron chi connectivity index (χ3n) is 3.95. The van der Waals surface area contributed by atoms with Crippen LogP contribution in [0.3, 0.4) is 0 Å². The Morgan fingerprint density at radius 2 is 1.00 bits per heavy atom.